The van der Waals surface area contributed by atoms with Crippen molar-refractivity contribution in [3.8, 4) is 11.1 Å². The summed E-state index contributed by atoms with van der Waals surface area (Å²) in [5.41, 5.74) is 6.63. The fourth-order valence-corrected chi connectivity index (χ4v) is 5.96. The lowest BCUT2D eigenvalue weighted by atomic mass is 9.99. The molecule has 0 aliphatic carbocycles. The third kappa shape index (κ3) is 4.48. The number of hydrogen-bond donors (Lipinski definition) is 2. The maximum atomic E-state index is 5.20. The zero-order valence-electron chi connectivity index (χ0n) is 22.9. The minimum absolute atomic E-state index is 0.111. The van der Waals surface area contributed by atoms with E-state index in [0.29, 0.717) is 0 Å². The van der Waals surface area contributed by atoms with Gasteiger partial charge in [-0.15, -0.1) is 0 Å². The van der Waals surface area contributed by atoms with Crippen LogP contribution in [0.25, 0.3) is 43.6 Å². The van der Waals surface area contributed by atoms with Crippen LogP contribution in [-0.4, -0.2) is 10.8 Å². The number of para-hydroxylation sites is 1. The van der Waals surface area contributed by atoms with Gasteiger partial charge in [0.15, 0.2) is 0 Å². The van der Waals surface area contributed by atoms with Gasteiger partial charge >= 0.3 is 0 Å². The molecule has 42 heavy (non-hydrogen) atoms. The first-order chi connectivity index (χ1) is 20.8. The molecule has 2 N–H and O–H groups in total. The molecule has 200 valence electrons. The van der Waals surface area contributed by atoms with E-state index >= 15 is 0 Å². The maximum Gasteiger partial charge on any atom is 0.131 e. The summed E-state index contributed by atoms with van der Waals surface area (Å²) in [7, 11) is 0. The Kier molecular flexibility index (Phi) is 5.98. The van der Waals surface area contributed by atoms with Gasteiger partial charge in [0.05, 0.1) is 5.52 Å². The molecule has 1 aromatic heterocycles. The Balaban J connectivity index is 1.19. The molecule has 2 unspecified atom stereocenters. The zero-order chi connectivity index (χ0) is 27.9. The van der Waals surface area contributed by atoms with Crippen LogP contribution in [-0.2, 0) is 0 Å². The number of benzene rings is 6. The Labute approximate surface area is 244 Å². The van der Waals surface area contributed by atoms with Gasteiger partial charge in [0.2, 0.25) is 0 Å². The van der Waals surface area contributed by atoms with Crippen LogP contribution in [0.5, 0.6) is 0 Å². The van der Waals surface area contributed by atoms with Gasteiger partial charge in [0.1, 0.15) is 18.2 Å². The van der Waals surface area contributed by atoms with Crippen molar-refractivity contribution in [1.82, 2.24) is 15.6 Å². The quantitative estimate of drug-likeness (QED) is 0.235. The van der Waals surface area contributed by atoms with E-state index in [0.717, 1.165) is 39.0 Å². The van der Waals surface area contributed by atoms with Crippen molar-refractivity contribution >= 4 is 38.3 Å². The largest absolute Gasteiger partial charge is 0.350 e. The minimum atomic E-state index is -0.204. The number of fused-ring (bicyclic) bond motifs is 3. The van der Waals surface area contributed by atoms with Gasteiger partial charge in [-0.3, -0.25) is 10.3 Å². The standard InChI is InChI=1S/C38H28N4/c1-3-9-30-23-32(20-14-25(30)7-1)37-40-36(41-38(42-37)33-21-15-26-8-2-4-10-31(26)24-33)29-18-16-27(17-19-29)34-13-5-11-28-12-6-22-39-35(28)34/h1-24,37-38,42H,(H,40,41). The topological polar surface area (TPSA) is 49.3 Å². The van der Waals surface area contributed by atoms with Crippen molar-refractivity contribution in [1.29, 1.82) is 0 Å². The lowest BCUT2D eigenvalue weighted by molar-refractivity contribution is 0.409. The molecule has 0 fully saturated rings. The first-order valence-corrected chi connectivity index (χ1v) is 14.3. The van der Waals surface area contributed by atoms with E-state index in [1.807, 2.05) is 12.3 Å². The van der Waals surface area contributed by atoms with Crippen LogP contribution in [0.1, 0.15) is 29.0 Å². The van der Waals surface area contributed by atoms with E-state index in [4.69, 9.17) is 4.99 Å². The van der Waals surface area contributed by atoms with Gasteiger partial charge in [0, 0.05) is 22.7 Å². The molecule has 0 bridgehead atoms. The van der Waals surface area contributed by atoms with Crippen molar-refractivity contribution in [2.24, 2.45) is 4.99 Å². The third-order valence-electron chi connectivity index (χ3n) is 8.16. The van der Waals surface area contributed by atoms with Crippen molar-refractivity contribution in [2.45, 2.75) is 12.3 Å². The Morgan fingerprint density at radius 2 is 1.12 bits per heavy atom. The maximum absolute atomic E-state index is 5.20. The minimum Gasteiger partial charge on any atom is -0.350 e. The Bertz CT molecular complexity index is 2110. The summed E-state index contributed by atoms with van der Waals surface area (Å²) in [4.78, 5) is 9.86. The Hall–Kier alpha value is -5.32. The van der Waals surface area contributed by atoms with Gasteiger partial charge < -0.3 is 5.32 Å². The summed E-state index contributed by atoms with van der Waals surface area (Å²) in [5.74, 6) is 0.868. The van der Waals surface area contributed by atoms with Crippen LogP contribution in [0.3, 0.4) is 0 Å². The zero-order valence-corrected chi connectivity index (χ0v) is 22.9. The number of amidine groups is 1. The average Bonchev–Trinajstić information content (AvgIpc) is 3.07. The highest BCUT2D eigenvalue weighted by Crippen LogP contribution is 2.31. The molecule has 1 aliphatic heterocycles. The molecule has 7 aromatic rings. The first kappa shape index (κ1) is 24.5. The molecule has 0 saturated heterocycles. The number of nitrogens with zero attached hydrogens (tertiary/aromatic N) is 2. The van der Waals surface area contributed by atoms with E-state index in [2.05, 4.69) is 149 Å². The lowest BCUT2D eigenvalue weighted by Crippen LogP contribution is -2.44. The molecule has 4 nitrogen and oxygen atoms in total. The summed E-state index contributed by atoms with van der Waals surface area (Å²) >= 11 is 0. The highest BCUT2D eigenvalue weighted by Gasteiger charge is 2.26. The number of aromatic nitrogens is 1. The monoisotopic (exact) mass is 540 g/mol. The Morgan fingerprint density at radius 3 is 1.88 bits per heavy atom. The predicted molar refractivity (Wildman–Crippen MR) is 173 cm³/mol. The number of pyridine rings is 1. The number of aliphatic imine (C=N–C) groups is 1. The highest BCUT2D eigenvalue weighted by molar-refractivity contribution is 6.01. The molecular weight excluding hydrogens is 512 g/mol. The molecule has 0 spiro atoms. The van der Waals surface area contributed by atoms with Crippen molar-refractivity contribution in [3.05, 3.63) is 162 Å². The van der Waals surface area contributed by atoms with E-state index in [-0.39, 0.29) is 12.3 Å². The highest BCUT2D eigenvalue weighted by atomic mass is 15.3. The summed E-state index contributed by atoms with van der Waals surface area (Å²) in [6, 6.07) is 49.3. The predicted octanol–water partition coefficient (Wildman–Crippen LogP) is 8.55. The molecule has 8 rings (SSSR count). The smallest absolute Gasteiger partial charge is 0.131 e. The van der Waals surface area contributed by atoms with Gasteiger partial charge in [-0.1, -0.05) is 121 Å². The normalized spacial score (nSPS) is 16.8. The Morgan fingerprint density at radius 1 is 0.500 bits per heavy atom. The van der Waals surface area contributed by atoms with Crippen molar-refractivity contribution in [3.63, 3.8) is 0 Å². The van der Waals surface area contributed by atoms with Crippen LogP contribution in [0.2, 0.25) is 0 Å². The third-order valence-corrected chi connectivity index (χ3v) is 8.16. The van der Waals surface area contributed by atoms with Gasteiger partial charge in [-0.25, -0.2) is 4.99 Å². The van der Waals surface area contributed by atoms with Gasteiger partial charge in [-0.05, 0) is 56.4 Å². The first-order valence-electron chi connectivity index (χ1n) is 14.3. The molecule has 6 aromatic carbocycles. The van der Waals surface area contributed by atoms with Crippen molar-refractivity contribution < 1.29 is 0 Å². The number of hydrogen-bond acceptors (Lipinski definition) is 4. The van der Waals surface area contributed by atoms with Crippen LogP contribution < -0.4 is 10.6 Å². The fraction of sp³-hybridized carbons (Fsp3) is 0.0526. The summed E-state index contributed by atoms with van der Waals surface area (Å²) in [6.45, 7) is 0. The van der Waals surface area contributed by atoms with Gasteiger partial charge in [-0.2, -0.15) is 0 Å². The van der Waals surface area contributed by atoms with Crippen LogP contribution >= 0.6 is 0 Å². The van der Waals surface area contributed by atoms with Crippen LogP contribution in [0, 0.1) is 0 Å². The van der Waals surface area contributed by atoms with E-state index in [1.165, 1.54) is 27.1 Å². The molecule has 1 aliphatic rings. The molecule has 2 atom stereocenters. The van der Waals surface area contributed by atoms with E-state index < -0.39 is 0 Å². The van der Waals surface area contributed by atoms with Gasteiger partial charge in [0.25, 0.3) is 0 Å². The van der Waals surface area contributed by atoms with Crippen molar-refractivity contribution in [2.75, 3.05) is 0 Å². The van der Waals surface area contributed by atoms with E-state index in [1.54, 1.807) is 0 Å². The van der Waals surface area contributed by atoms with Crippen LogP contribution in [0.15, 0.2) is 151 Å². The fourth-order valence-electron chi connectivity index (χ4n) is 5.96. The summed E-state index contributed by atoms with van der Waals surface area (Å²) in [5, 5.41) is 13.5. The van der Waals surface area contributed by atoms with E-state index in [9.17, 15) is 0 Å². The number of rotatable bonds is 4. The second-order valence-corrected chi connectivity index (χ2v) is 10.8. The molecule has 0 saturated carbocycles. The molecule has 4 heteroatoms. The van der Waals surface area contributed by atoms with Crippen LogP contribution in [0.4, 0.5) is 0 Å². The SMILES string of the molecule is c1ccc2cc(C3N=C(c4ccc(-c5cccc6cccnc56)cc4)NC(c4ccc5ccccc5c4)N3)ccc2c1. The molecule has 0 amide bonds. The molecule has 2 heterocycles. The second-order valence-electron chi connectivity index (χ2n) is 10.8. The lowest BCUT2D eigenvalue weighted by Gasteiger charge is -2.32. The molecule has 0 radical (unpaired) electrons. The average molecular weight is 541 g/mol. The second kappa shape index (κ2) is 10.3. The summed E-state index contributed by atoms with van der Waals surface area (Å²) in [6.07, 6.45) is 1.54. The molecular formula is C38H28N4. The summed E-state index contributed by atoms with van der Waals surface area (Å²) < 4.78 is 0. The number of nitrogens with one attached hydrogen (secondary N) is 2.